The molecule has 1 aliphatic carbocycles. The number of carbonyl (C=O) groups excluding carboxylic acids is 2. The van der Waals surface area contributed by atoms with Crippen LogP contribution in [-0.4, -0.2) is 34.3 Å². The Kier molecular flexibility index (Phi) is 3.84. The molecule has 0 aromatic rings. The lowest BCUT2D eigenvalue weighted by molar-refractivity contribution is -0.155. The highest BCUT2D eigenvalue weighted by Gasteiger charge is 2.52. The van der Waals surface area contributed by atoms with E-state index in [0.717, 1.165) is 38.5 Å². The van der Waals surface area contributed by atoms with Gasteiger partial charge in [-0.2, -0.15) is 0 Å². The van der Waals surface area contributed by atoms with Crippen molar-refractivity contribution in [2.45, 2.75) is 70.0 Å². The SMILES string of the molecule is C#CC(CCC)N1C(=O)C2(CCCC2)NC(=O)C1C. The molecule has 4 heteroatoms. The molecular formula is C15H22N2O2. The molecule has 1 saturated heterocycles. The van der Waals surface area contributed by atoms with Crippen LogP contribution < -0.4 is 5.32 Å². The lowest BCUT2D eigenvalue weighted by Gasteiger charge is -2.45. The van der Waals surface area contributed by atoms with Gasteiger partial charge in [0.05, 0.1) is 6.04 Å². The van der Waals surface area contributed by atoms with Gasteiger partial charge < -0.3 is 10.2 Å². The fraction of sp³-hybridized carbons (Fsp3) is 0.733. The zero-order valence-corrected chi connectivity index (χ0v) is 11.7. The van der Waals surface area contributed by atoms with E-state index in [1.54, 1.807) is 11.8 Å². The van der Waals surface area contributed by atoms with Crippen molar-refractivity contribution < 1.29 is 9.59 Å². The number of hydrogen-bond acceptors (Lipinski definition) is 2. The van der Waals surface area contributed by atoms with Gasteiger partial charge in [0.25, 0.3) is 0 Å². The Bertz CT molecular complexity index is 418. The molecule has 0 radical (unpaired) electrons. The van der Waals surface area contributed by atoms with E-state index in [4.69, 9.17) is 6.42 Å². The number of carbonyl (C=O) groups is 2. The largest absolute Gasteiger partial charge is 0.340 e. The fourth-order valence-corrected chi connectivity index (χ4v) is 3.25. The molecule has 2 atom stereocenters. The Morgan fingerprint density at radius 3 is 2.63 bits per heavy atom. The quantitative estimate of drug-likeness (QED) is 0.783. The highest BCUT2D eigenvalue weighted by molar-refractivity contribution is 6.00. The van der Waals surface area contributed by atoms with E-state index in [0.29, 0.717) is 0 Å². The fourth-order valence-electron chi connectivity index (χ4n) is 3.25. The number of rotatable bonds is 3. The third kappa shape index (κ3) is 2.22. The van der Waals surface area contributed by atoms with Gasteiger partial charge in [-0.25, -0.2) is 0 Å². The molecule has 1 heterocycles. The minimum Gasteiger partial charge on any atom is -0.340 e. The first kappa shape index (κ1) is 13.9. The van der Waals surface area contributed by atoms with Crippen LogP contribution in [0.3, 0.4) is 0 Å². The number of hydrogen-bond donors (Lipinski definition) is 1. The lowest BCUT2D eigenvalue weighted by atomic mass is 9.89. The van der Waals surface area contributed by atoms with E-state index in [-0.39, 0.29) is 17.9 Å². The molecule has 4 nitrogen and oxygen atoms in total. The summed E-state index contributed by atoms with van der Waals surface area (Å²) in [6.07, 6.45) is 10.7. The smallest absolute Gasteiger partial charge is 0.250 e. The first-order valence-corrected chi connectivity index (χ1v) is 7.16. The van der Waals surface area contributed by atoms with E-state index in [9.17, 15) is 9.59 Å². The molecule has 2 unspecified atom stereocenters. The van der Waals surface area contributed by atoms with Gasteiger partial charge in [0.15, 0.2) is 0 Å². The molecule has 1 spiro atoms. The van der Waals surface area contributed by atoms with Crippen LogP contribution in [0.1, 0.15) is 52.4 Å². The second kappa shape index (κ2) is 5.24. The molecule has 1 N–H and O–H groups in total. The van der Waals surface area contributed by atoms with Crippen molar-refractivity contribution in [3.8, 4) is 12.3 Å². The zero-order chi connectivity index (χ0) is 14.0. The zero-order valence-electron chi connectivity index (χ0n) is 11.7. The van der Waals surface area contributed by atoms with Gasteiger partial charge in [0, 0.05) is 0 Å². The molecule has 0 bridgehead atoms. The van der Waals surface area contributed by atoms with Crippen LogP contribution in [-0.2, 0) is 9.59 Å². The summed E-state index contributed by atoms with van der Waals surface area (Å²) in [6.45, 7) is 3.80. The topological polar surface area (TPSA) is 49.4 Å². The van der Waals surface area contributed by atoms with E-state index >= 15 is 0 Å². The van der Waals surface area contributed by atoms with Crippen LogP contribution in [0.4, 0.5) is 0 Å². The Labute approximate surface area is 114 Å². The number of amides is 2. The predicted molar refractivity (Wildman–Crippen MR) is 73.2 cm³/mol. The van der Waals surface area contributed by atoms with Crippen LogP contribution in [0, 0.1) is 12.3 Å². The Balaban J connectivity index is 2.31. The molecule has 1 aliphatic heterocycles. The van der Waals surface area contributed by atoms with Crippen LogP contribution >= 0.6 is 0 Å². The average Bonchev–Trinajstić information content (AvgIpc) is 2.85. The summed E-state index contributed by atoms with van der Waals surface area (Å²) in [6, 6.07) is -0.734. The molecule has 0 aromatic heterocycles. The first-order valence-electron chi connectivity index (χ1n) is 7.16. The van der Waals surface area contributed by atoms with Crippen molar-refractivity contribution in [1.29, 1.82) is 0 Å². The van der Waals surface area contributed by atoms with Crippen LogP contribution in [0.15, 0.2) is 0 Å². The molecule has 2 fully saturated rings. The van der Waals surface area contributed by atoms with Crippen LogP contribution in [0.5, 0.6) is 0 Å². The molecule has 2 aliphatic rings. The average molecular weight is 262 g/mol. The van der Waals surface area contributed by atoms with Gasteiger partial charge in [0.1, 0.15) is 11.6 Å². The van der Waals surface area contributed by atoms with Gasteiger partial charge >= 0.3 is 0 Å². The summed E-state index contributed by atoms with van der Waals surface area (Å²) >= 11 is 0. The highest BCUT2D eigenvalue weighted by Crippen LogP contribution is 2.35. The first-order chi connectivity index (χ1) is 9.05. The summed E-state index contributed by atoms with van der Waals surface area (Å²) in [5.74, 6) is 2.64. The number of nitrogens with one attached hydrogen (secondary N) is 1. The third-order valence-corrected chi connectivity index (χ3v) is 4.35. The van der Waals surface area contributed by atoms with E-state index < -0.39 is 11.6 Å². The number of nitrogens with zero attached hydrogens (tertiary/aromatic N) is 1. The monoisotopic (exact) mass is 262 g/mol. The van der Waals surface area contributed by atoms with Crippen molar-refractivity contribution in [3.05, 3.63) is 0 Å². The Morgan fingerprint density at radius 1 is 1.47 bits per heavy atom. The van der Waals surface area contributed by atoms with E-state index in [2.05, 4.69) is 11.2 Å². The van der Waals surface area contributed by atoms with Crippen molar-refractivity contribution >= 4 is 11.8 Å². The Hall–Kier alpha value is -1.50. The van der Waals surface area contributed by atoms with Gasteiger partial charge in [0.2, 0.25) is 11.8 Å². The summed E-state index contributed by atoms with van der Waals surface area (Å²) in [4.78, 5) is 26.6. The lowest BCUT2D eigenvalue weighted by Crippen LogP contribution is -2.70. The van der Waals surface area contributed by atoms with Gasteiger partial charge in [-0.1, -0.05) is 32.1 Å². The summed E-state index contributed by atoms with van der Waals surface area (Å²) < 4.78 is 0. The molecule has 19 heavy (non-hydrogen) atoms. The molecule has 0 aromatic carbocycles. The van der Waals surface area contributed by atoms with Crippen molar-refractivity contribution in [2.24, 2.45) is 0 Å². The maximum atomic E-state index is 12.8. The summed E-state index contributed by atoms with van der Waals surface area (Å²) in [7, 11) is 0. The molecule has 104 valence electrons. The molecule has 1 saturated carbocycles. The van der Waals surface area contributed by atoms with Gasteiger partial charge in [-0.15, -0.1) is 6.42 Å². The number of piperazine rings is 1. The van der Waals surface area contributed by atoms with Crippen molar-refractivity contribution in [2.75, 3.05) is 0 Å². The Morgan fingerprint density at radius 2 is 2.11 bits per heavy atom. The van der Waals surface area contributed by atoms with E-state index in [1.165, 1.54) is 0 Å². The molecule has 2 amide bonds. The second-order valence-electron chi connectivity index (χ2n) is 5.64. The maximum Gasteiger partial charge on any atom is 0.250 e. The van der Waals surface area contributed by atoms with Gasteiger partial charge in [-0.3, -0.25) is 9.59 Å². The standard InChI is InChI=1S/C15H22N2O2/c1-4-8-12(5-2)17-11(3)13(18)16-15(14(17)19)9-6-7-10-15/h2,11-12H,4,6-10H2,1,3H3,(H,16,18). The molecular weight excluding hydrogens is 240 g/mol. The van der Waals surface area contributed by atoms with Crippen molar-refractivity contribution in [1.82, 2.24) is 10.2 Å². The van der Waals surface area contributed by atoms with Gasteiger partial charge in [-0.05, 0) is 26.2 Å². The second-order valence-corrected chi connectivity index (χ2v) is 5.64. The maximum absolute atomic E-state index is 12.8. The van der Waals surface area contributed by atoms with E-state index in [1.807, 2.05) is 6.92 Å². The minimum absolute atomic E-state index is 0.0218. The highest BCUT2D eigenvalue weighted by atomic mass is 16.2. The van der Waals surface area contributed by atoms with Crippen LogP contribution in [0.2, 0.25) is 0 Å². The minimum atomic E-state index is -0.674. The van der Waals surface area contributed by atoms with Crippen molar-refractivity contribution in [3.63, 3.8) is 0 Å². The predicted octanol–water partition coefficient (Wildman–Crippen LogP) is 1.45. The normalized spacial score (nSPS) is 27.2. The third-order valence-electron chi connectivity index (χ3n) is 4.35. The number of terminal acetylenes is 1. The summed E-state index contributed by atoms with van der Waals surface area (Å²) in [5, 5.41) is 2.94. The molecule has 2 rings (SSSR count). The van der Waals surface area contributed by atoms with Crippen LogP contribution in [0.25, 0.3) is 0 Å². The summed E-state index contributed by atoms with van der Waals surface area (Å²) in [5.41, 5.74) is -0.674.